The van der Waals surface area contributed by atoms with Gasteiger partial charge in [0, 0.05) is 17.5 Å². The molecular weight excluding hydrogens is 260 g/mol. The van der Waals surface area contributed by atoms with E-state index >= 15 is 0 Å². The number of carbonyl (C=O) groups excluding carboxylic acids is 1. The smallest absolute Gasteiger partial charge is 0.253 e. The largest absolute Gasteiger partial charge is 0.351 e. The van der Waals surface area contributed by atoms with Crippen LogP contribution in [-0.2, 0) is 0 Å². The second kappa shape index (κ2) is 7.35. The molecule has 0 spiro atoms. The van der Waals surface area contributed by atoms with E-state index in [0.717, 1.165) is 12.8 Å². The van der Waals surface area contributed by atoms with Gasteiger partial charge in [-0.25, -0.2) is 0 Å². The van der Waals surface area contributed by atoms with Crippen molar-refractivity contribution in [2.45, 2.75) is 31.4 Å². The van der Waals surface area contributed by atoms with Crippen LogP contribution in [-0.4, -0.2) is 28.4 Å². The van der Waals surface area contributed by atoms with E-state index in [9.17, 15) is 4.79 Å². The Morgan fingerprint density at radius 1 is 1.47 bits per heavy atom. The predicted molar refractivity (Wildman–Crippen MR) is 81.2 cm³/mol. The summed E-state index contributed by atoms with van der Waals surface area (Å²) in [6.45, 7) is 4.93. The van der Waals surface area contributed by atoms with Gasteiger partial charge in [0.1, 0.15) is 0 Å². The van der Waals surface area contributed by atoms with Gasteiger partial charge in [-0.3, -0.25) is 15.6 Å². The summed E-state index contributed by atoms with van der Waals surface area (Å²) in [5, 5.41) is 2.98. The normalized spacial score (nSPS) is 11.2. The van der Waals surface area contributed by atoms with Crippen molar-refractivity contribution in [1.29, 1.82) is 0 Å². The summed E-state index contributed by atoms with van der Waals surface area (Å²) in [6, 6.07) is 1.66. The third kappa shape index (κ3) is 3.84. The molecular formula is C13H22N4OS. The van der Waals surface area contributed by atoms with Gasteiger partial charge < -0.3 is 10.7 Å². The Kier molecular flexibility index (Phi) is 6.11. The molecule has 0 bridgehead atoms. The second-order valence-corrected chi connectivity index (χ2v) is 5.62. The third-order valence-corrected chi connectivity index (χ3v) is 5.10. The molecule has 0 aromatic carbocycles. The second-order valence-electron chi connectivity index (χ2n) is 4.34. The molecule has 5 nitrogen and oxygen atoms in total. The Hall–Kier alpha value is -1.27. The molecule has 0 aliphatic carbocycles. The minimum Gasteiger partial charge on any atom is -0.351 e. The first kappa shape index (κ1) is 15.8. The summed E-state index contributed by atoms with van der Waals surface area (Å²) in [5.41, 5.74) is 3.53. The molecule has 19 heavy (non-hydrogen) atoms. The number of anilines is 1. The zero-order chi connectivity index (χ0) is 14.3. The van der Waals surface area contributed by atoms with Crippen LogP contribution in [0.1, 0.15) is 37.0 Å². The monoisotopic (exact) mass is 282 g/mol. The number of nitrogens with zero attached hydrogens (tertiary/aromatic N) is 1. The standard InChI is InChI=1S/C13H22N4OS/c1-4-13(5-2,19-3)9-16-12(18)10-6-7-15-8-11(10)17-14/h6-8,17H,4-5,9,14H2,1-3H3,(H,16,18). The number of pyridine rings is 1. The third-order valence-electron chi connectivity index (χ3n) is 3.51. The van der Waals surface area contributed by atoms with E-state index in [4.69, 9.17) is 5.84 Å². The number of hydrogen-bond donors (Lipinski definition) is 3. The lowest BCUT2D eigenvalue weighted by atomic mass is 10.0. The molecule has 1 aromatic heterocycles. The molecule has 1 heterocycles. The van der Waals surface area contributed by atoms with Crippen molar-refractivity contribution in [3.63, 3.8) is 0 Å². The number of thioether (sulfide) groups is 1. The topological polar surface area (TPSA) is 80.0 Å². The van der Waals surface area contributed by atoms with Crippen LogP contribution in [0, 0.1) is 0 Å². The average molecular weight is 282 g/mol. The quantitative estimate of drug-likeness (QED) is 0.526. The molecule has 0 radical (unpaired) electrons. The lowest BCUT2D eigenvalue weighted by molar-refractivity contribution is 0.0949. The van der Waals surface area contributed by atoms with E-state index in [1.165, 1.54) is 6.20 Å². The molecule has 0 atom stereocenters. The van der Waals surface area contributed by atoms with E-state index in [0.29, 0.717) is 17.8 Å². The number of hydrogen-bond acceptors (Lipinski definition) is 5. The van der Waals surface area contributed by atoms with Crippen LogP contribution >= 0.6 is 11.8 Å². The fourth-order valence-corrected chi connectivity index (χ4v) is 2.70. The summed E-state index contributed by atoms with van der Waals surface area (Å²) in [7, 11) is 0. The first-order chi connectivity index (χ1) is 9.12. The fraction of sp³-hybridized carbons (Fsp3) is 0.538. The Labute approximate surface area is 118 Å². The first-order valence-corrected chi connectivity index (χ1v) is 7.59. The minimum atomic E-state index is -0.129. The molecule has 1 aromatic rings. The van der Waals surface area contributed by atoms with Crippen LogP contribution in [0.15, 0.2) is 18.5 Å². The number of nitrogens with two attached hydrogens (primary N) is 1. The minimum absolute atomic E-state index is 0.0962. The summed E-state index contributed by atoms with van der Waals surface area (Å²) in [4.78, 5) is 16.1. The Balaban J connectivity index is 2.75. The van der Waals surface area contributed by atoms with Gasteiger partial charge in [0.15, 0.2) is 0 Å². The molecule has 0 aliphatic rings. The summed E-state index contributed by atoms with van der Waals surface area (Å²) >= 11 is 1.80. The van der Waals surface area contributed by atoms with Crippen LogP contribution in [0.4, 0.5) is 5.69 Å². The Bertz CT molecular complexity index is 413. The Morgan fingerprint density at radius 3 is 2.68 bits per heavy atom. The molecule has 106 valence electrons. The van der Waals surface area contributed by atoms with E-state index < -0.39 is 0 Å². The predicted octanol–water partition coefficient (Wildman–Crippen LogP) is 2.02. The SMILES string of the molecule is CCC(CC)(CNC(=O)c1ccncc1NN)SC. The van der Waals surface area contributed by atoms with Crippen LogP contribution in [0.3, 0.4) is 0 Å². The summed E-state index contributed by atoms with van der Waals surface area (Å²) in [5.74, 6) is 5.25. The van der Waals surface area contributed by atoms with Gasteiger partial charge in [0.25, 0.3) is 5.91 Å². The maximum Gasteiger partial charge on any atom is 0.253 e. The fourth-order valence-electron chi connectivity index (χ4n) is 1.90. The average Bonchev–Trinajstić information content (AvgIpc) is 2.49. The highest BCUT2D eigenvalue weighted by Crippen LogP contribution is 2.29. The number of rotatable bonds is 7. The maximum atomic E-state index is 12.2. The maximum absolute atomic E-state index is 12.2. The van der Waals surface area contributed by atoms with Gasteiger partial charge in [-0.05, 0) is 25.2 Å². The van der Waals surface area contributed by atoms with Crippen molar-refractivity contribution in [3.05, 3.63) is 24.0 Å². The van der Waals surface area contributed by atoms with Gasteiger partial charge in [0.2, 0.25) is 0 Å². The van der Waals surface area contributed by atoms with E-state index in [-0.39, 0.29) is 10.7 Å². The van der Waals surface area contributed by atoms with Crippen LogP contribution in [0.2, 0.25) is 0 Å². The zero-order valence-corrected chi connectivity index (χ0v) is 12.5. The number of amides is 1. The van der Waals surface area contributed by atoms with Crippen molar-refractivity contribution in [3.8, 4) is 0 Å². The van der Waals surface area contributed by atoms with Gasteiger partial charge in [-0.2, -0.15) is 11.8 Å². The van der Waals surface area contributed by atoms with Gasteiger partial charge in [-0.1, -0.05) is 13.8 Å². The molecule has 0 aliphatic heterocycles. The van der Waals surface area contributed by atoms with Gasteiger partial charge >= 0.3 is 0 Å². The van der Waals surface area contributed by atoms with Crippen molar-refractivity contribution in [1.82, 2.24) is 10.3 Å². The van der Waals surface area contributed by atoms with Gasteiger partial charge in [0.05, 0.1) is 17.4 Å². The summed E-state index contributed by atoms with van der Waals surface area (Å²) < 4.78 is 0.0962. The van der Waals surface area contributed by atoms with Crippen LogP contribution < -0.4 is 16.6 Å². The van der Waals surface area contributed by atoms with Crippen LogP contribution in [0.5, 0.6) is 0 Å². The highest BCUT2D eigenvalue weighted by molar-refractivity contribution is 8.00. The van der Waals surface area contributed by atoms with Crippen molar-refractivity contribution in [2.75, 3.05) is 18.2 Å². The number of nitrogens with one attached hydrogen (secondary N) is 2. The highest BCUT2D eigenvalue weighted by atomic mass is 32.2. The van der Waals surface area contributed by atoms with E-state index in [1.807, 2.05) is 0 Å². The van der Waals surface area contributed by atoms with E-state index in [2.05, 4.69) is 35.8 Å². The van der Waals surface area contributed by atoms with E-state index in [1.54, 1.807) is 24.0 Å². The molecule has 0 saturated heterocycles. The zero-order valence-electron chi connectivity index (χ0n) is 11.7. The Morgan fingerprint density at radius 2 is 2.16 bits per heavy atom. The lowest BCUT2D eigenvalue weighted by Crippen LogP contribution is -2.39. The number of hydrazine groups is 1. The molecule has 6 heteroatoms. The van der Waals surface area contributed by atoms with Gasteiger partial charge in [-0.15, -0.1) is 0 Å². The molecule has 1 amide bonds. The lowest BCUT2D eigenvalue weighted by Gasteiger charge is -2.29. The van der Waals surface area contributed by atoms with Crippen molar-refractivity contribution < 1.29 is 4.79 Å². The number of nitrogen functional groups attached to an aromatic ring is 1. The molecule has 0 fully saturated rings. The molecule has 1 rings (SSSR count). The molecule has 4 N–H and O–H groups in total. The number of aromatic nitrogens is 1. The number of carbonyl (C=O) groups is 1. The first-order valence-electron chi connectivity index (χ1n) is 6.36. The van der Waals surface area contributed by atoms with Crippen molar-refractivity contribution >= 4 is 23.4 Å². The van der Waals surface area contributed by atoms with Crippen molar-refractivity contribution in [2.24, 2.45) is 5.84 Å². The molecule has 0 unspecified atom stereocenters. The molecule has 0 saturated carbocycles. The summed E-state index contributed by atoms with van der Waals surface area (Å²) in [6.07, 6.45) is 7.23. The van der Waals surface area contributed by atoms with Crippen LogP contribution in [0.25, 0.3) is 0 Å². The highest BCUT2D eigenvalue weighted by Gasteiger charge is 2.25.